The summed E-state index contributed by atoms with van der Waals surface area (Å²) in [7, 11) is -3.94. The summed E-state index contributed by atoms with van der Waals surface area (Å²) in [5.41, 5.74) is 6.86. The molecule has 3 aromatic carbocycles. The van der Waals surface area contributed by atoms with Gasteiger partial charge in [-0.25, -0.2) is 12.8 Å². The van der Waals surface area contributed by atoms with Gasteiger partial charge in [0.25, 0.3) is 5.91 Å². The molecule has 1 aliphatic heterocycles. The van der Waals surface area contributed by atoms with Crippen molar-refractivity contribution in [3.05, 3.63) is 99.8 Å². The van der Waals surface area contributed by atoms with Crippen LogP contribution < -0.4 is 10.0 Å². The molecule has 2 aliphatic carbocycles. The Morgan fingerprint density at radius 2 is 1.68 bits per heavy atom. The number of nitrogens with two attached hydrogens (primary N) is 1. The lowest BCUT2D eigenvalue weighted by molar-refractivity contribution is -0.181. The molecule has 4 atom stereocenters. The van der Waals surface area contributed by atoms with Crippen LogP contribution in [0.1, 0.15) is 55.4 Å². The quantitative estimate of drug-likeness (QED) is 0.280. The van der Waals surface area contributed by atoms with E-state index in [1.165, 1.54) is 18.2 Å². The van der Waals surface area contributed by atoms with Crippen LogP contribution in [0.5, 0.6) is 0 Å². The summed E-state index contributed by atoms with van der Waals surface area (Å²) in [5, 5.41) is 0.335. The maximum absolute atomic E-state index is 15.3. The molecule has 2 saturated carbocycles. The molecule has 3 fully saturated rings. The van der Waals surface area contributed by atoms with Crippen molar-refractivity contribution in [3.8, 4) is 0 Å². The van der Waals surface area contributed by atoms with Crippen LogP contribution >= 0.6 is 23.2 Å². The third-order valence-electron chi connectivity index (χ3n) is 8.45. The summed E-state index contributed by atoms with van der Waals surface area (Å²) in [6.07, 6.45) is 0.0995. The van der Waals surface area contributed by atoms with Crippen molar-refractivity contribution >= 4 is 50.7 Å². The van der Waals surface area contributed by atoms with Crippen molar-refractivity contribution in [3.63, 3.8) is 0 Å². The van der Waals surface area contributed by atoms with E-state index in [-0.39, 0.29) is 24.6 Å². The van der Waals surface area contributed by atoms with E-state index in [1.807, 2.05) is 6.07 Å². The number of benzene rings is 3. The molecule has 1 heterocycles. The van der Waals surface area contributed by atoms with Gasteiger partial charge < -0.3 is 15.4 Å². The van der Waals surface area contributed by atoms with E-state index in [4.69, 9.17) is 33.7 Å². The number of hydrogen-bond acceptors (Lipinski definition) is 5. The van der Waals surface area contributed by atoms with Gasteiger partial charge in [-0.05, 0) is 79.1 Å². The highest BCUT2D eigenvalue weighted by molar-refractivity contribution is 7.93. The maximum atomic E-state index is 15.3. The standard InChI is InChI=1S/C32H32Cl2FN3O5S/c33-22-12-10-20(11-13-22)30-31(21-4-3-5-23(34)16-21)43-28(17-29(36)39)32(40)38(30)27(19-8-9-19)18-37(44(41,42)24-14-15-24)26-7-2-1-6-25(26)35/h1-7,10-13,16,19,24,27-28,30-31H,8-9,14-15,17-18H2,(H2,36,39)/t27-,28+,30-,31-/m1/s1. The number of hydrogen-bond donors (Lipinski definition) is 1. The van der Waals surface area contributed by atoms with Gasteiger partial charge in [-0.1, -0.05) is 59.6 Å². The molecule has 44 heavy (non-hydrogen) atoms. The fourth-order valence-electron chi connectivity index (χ4n) is 6.04. The Bertz CT molecular complexity index is 1670. The molecule has 0 radical (unpaired) electrons. The van der Waals surface area contributed by atoms with E-state index < -0.39 is 57.2 Å². The lowest BCUT2D eigenvalue weighted by Gasteiger charge is -2.49. The summed E-state index contributed by atoms with van der Waals surface area (Å²) in [6, 6.07) is 18.4. The SMILES string of the molecule is NC(=O)C[C@@H]1O[C@H](c2cccc(Cl)c2)[C@@H](c2ccc(Cl)cc2)N([C@H](CN(c2ccccc2F)S(=O)(=O)C2CC2)C2CC2)C1=O. The van der Waals surface area contributed by atoms with Crippen LogP contribution in [0.3, 0.4) is 0 Å². The summed E-state index contributed by atoms with van der Waals surface area (Å²) in [4.78, 5) is 28.2. The van der Waals surface area contributed by atoms with E-state index in [2.05, 4.69) is 0 Å². The molecule has 0 spiro atoms. The van der Waals surface area contributed by atoms with Crippen molar-refractivity contribution in [2.45, 2.75) is 61.6 Å². The zero-order valence-corrected chi connectivity index (χ0v) is 26.0. The number of nitrogens with zero attached hydrogens (tertiary/aromatic N) is 2. The number of carbonyl (C=O) groups excluding carboxylic acids is 2. The minimum Gasteiger partial charge on any atom is -0.370 e. The molecular formula is C32H32Cl2FN3O5S. The summed E-state index contributed by atoms with van der Waals surface area (Å²) in [6.45, 7) is -0.161. The zero-order chi connectivity index (χ0) is 31.2. The molecular weight excluding hydrogens is 628 g/mol. The maximum Gasteiger partial charge on any atom is 0.253 e. The van der Waals surface area contributed by atoms with E-state index in [0.29, 0.717) is 34.0 Å². The molecule has 0 aromatic heterocycles. The first-order chi connectivity index (χ1) is 21.0. The van der Waals surface area contributed by atoms with E-state index in [1.54, 1.807) is 53.4 Å². The normalized spacial score (nSPS) is 22.9. The number of anilines is 1. The van der Waals surface area contributed by atoms with Crippen molar-refractivity contribution in [1.29, 1.82) is 0 Å². The smallest absolute Gasteiger partial charge is 0.253 e. The Hall–Kier alpha value is -3.18. The highest BCUT2D eigenvalue weighted by atomic mass is 35.5. The van der Waals surface area contributed by atoms with Crippen LogP contribution in [-0.2, 0) is 24.3 Å². The van der Waals surface area contributed by atoms with Crippen LogP contribution in [0, 0.1) is 11.7 Å². The average Bonchev–Trinajstić information content (AvgIpc) is 3.89. The number of primary amides is 1. The molecule has 2 amide bonds. The second-order valence-corrected chi connectivity index (χ2v) is 14.7. The van der Waals surface area contributed by atoms with Crippen molar-refractivity contribution in [2.75, 3.05) is 10.8 Å². The van der Waals surface area contributed by atoms with Gasteiger partial charge in [0.15, 0.2) is 0 Å². The lowest BCUT2D eigenvalue weighted by atomic mass is 9.89. The molecule has 3 aliphatic rings. The lowest BCUT2D eigenvalue weighted by Crippen LogP contribution is -2.59. The molecule has 3 aromatic rings. The number of amides is 2. The van der Waals surface area contributed by atoms with Crippen molar-refractivity contribution in [1.82, 2.24) is 4.90 Å². The Morgan fingerprint density at radius 3 is 2.30 bits per heavy atom. The molecule has 0 bridgehead atoms. The predicted molar refractivity (Wildman–Crippen MR) is 166 cm³/mol. The molecule has 8 nitrogen and oxygen atoms in total. The number of rotatable bonds is 11. The van der Waals surface area contributed by atoms with Gasteiger partial charge in [0.05, 0.1) is 36.0 Å². The highest BCUT2D eigenvalue weighted by Gasteiger charge is 2.52. The molecule has 1 saturated heterocycles. The van der Waals surface area contributed by atoms with E-state index >= 15 is 4.39 Å². The Kier molecular flexibility index (Phi) is 8.63. The minimum atomic E-state index is -3.94. The molecule has 2 N–H and O–H groups in total. The Labute approximate surface area is 265 Å². The molecule has 232 valence electrons. The van der Waals surface area contributed by atoms with Gasteiger partial charge in [-0.3, -0.25) is 13.9 Å². The summed E-state index contributed by atoms with van der Waals surface area (Å²) >= 11 is 12.6. The zero-order valence-electron chi connectivity index (χ0n) is 23.7. The third-order valence-corrected chi connectivity index (χ3v) is 11.2. The van der Waals surface area contributed by atoms with Gasteiger partial charge in [-0.2, -0.15) is 0 Å². The minimum absolute atomic E-state index is 0.0612. The van der Waals surface area contributed by atoms with Crippen LogP contribution in [-0.4, -0.2) is 49.1 Å². The van der Waals surface area contributed by atoms with Crippen LogP contribution in [0.4, 0.5) is 10.1 Å². The van der Waals surface area contributed by atoms with Gasteiger partial charge in [-0.15, -0.1) is 0 Å². The first kappa shape index (κ1) is 30.8. The van der Waals surface area contributed by atoms with Gasteiger partial charge in [0, 0.05) is 10.0 Å². The van der Waals surface area contributed by atoms with Gasteiger partial charge in [0.2, 0.25) is 15.9 Å². The number of morpholine rings is 1. The van der Waals surface area contributed by atoms with E-state index in [0.717, 1.165) is 17.1 Å². The number of sulfonamides is 1. The van der Waals surface area contributed by atoms with E-state index in [9.17, 15) is 18.0 Å². The monoisotopic (exact) mass is 659 g/mol. The second-order valence-electron chi connectivity index (χ2n) is 11.6. The topological polar surface area (TPSA) is 110 Å². The Balaban J connectivity index is 1.51. The first-order valence-corrected chi connectivity index (χ1v) is 16.8. The first-order valence-electron chi connectivity index (χ1n) is 14.6. The molecule has 6 rings (SSSR count). The average molecular weight is 661 g/mol. The summed E-state index contributed by atoms with van der Waals surface area (Å²) < 4.78 is 50.5. The number of halogens is 3. The predicted octanol–water partition coefficient (Wildman–Crippen LogP) is 5.80. The van der Waals surface area contributed by atoms with Crippen LogP contribution in [0.2, 0.25) is 10.0 Å². The fourth-order valence-corrected chi connectivity index (χ4v) is 8.24. The third kappa shape index (κ3) is 6.31. The summed E-state index contributed by atoms with van der Waals surface area (Å²) in [5.74, 6) is -1.94. The Morgan fingerprint density at radius 1 is 0.977 bits per heavy atom. The second kappa shape index (κ2) is 12.3. The van der Waals surface area contributed by atoms with Crippen LogP contribution in [0.25, 0.3) is 0 Å². The number of para-hydroxylation sites is 1. The molecule has 12 heteroatoms. The van der Waals surface area contributed by atoms with Gasteiger partial charge >= 0.3 is 0 Å². The van der Waals surface area contributed by atoms with Gasteiger partial charge in [0.1, 0.15) is 18.0 Å². The number of ether oxygens (including phenoxy) is 1. The van der Waals surface area contributed by atoms with Crippen LogP contribution in [0.15, 0.2) is 72.8 Å². The highest BCUT2D eigenvalue weighted by Crippen LogP contribution is 2.49. The largest absolute Gasteiger partial charge is 0.370 e. The van der Waals surface area contributed by atoms with Crippen molar-refractivity contribution in [2.24, 2.45) is 11.7 Å². The van der Waals surface area contributed by atoms with Crippen molar-refractivity contribution < 1.29 is 27.1 Å². The fraction of sp³-hybridized carbons (Fsp3) is 0.375. The molecule has 0 unspecified atom stereocenters. The number of carbonyl (C=O) groups is 2.